The molecule has 0 unspecified atom stereocenters. The monoisotopic (exact) mass is 559 g/mol. The second-order valence-electron chi connectivity index (χ2n) is 10.4. The second kappa shape index (κ2) is 12.8. The van der Waals surface area contributed by atoms with Crippen molar-refractivity contribution in [2.75, 3.05) is 50.2 Å². The van der Waals surface area contributed by atoms with Crippen molar-refractivity contribution in [2.24, 2.45) is 5.41 Å². The van der Waals surface area contributed by atoms with Gasteiger partial charge in [0.05, 0.1) is 25.1 Å². The number of methoxy groups -OCH3 is 1. The molecule has 0 atom stereocenters. The van der Waals surface area contributed by atoms with Crippen LogP contribution in [0.2, 0.25) is 0 Å². The highest BCUT2D eigenvalue weighted by molar-refractivity contribution is 6.20. The summed E-state index contributed by atoms with van der Waals surface area (Å²) in [5.74, 6) is 0.342. The normalized spacial score (nSPS) is 14.4. The Morgan fingerprint density at radius 2 is 1.83 bits per heavy atom. The summed E-state index contributed by atoms with van der Waals surface area (Å²) >= 11 is 0. The van der Waals surface area contributed by atoms with E-state index in [0.29, 0.717) is 67.7 Å². The molecule has 3 amide bonds. The van der Waals surface area contributed by atoms with Crippen LogP contribution in [0.5, 0.6) is 11.6 Å². The molecule has 0 saturated heterocycles. The minimum Gasteiger partial charge on any atom is -0.493 e. The first-order chi connectivity index (χ1) is 19.7. The Balaban J connectivity index is 1.45. The molecule has 216 valence electrons. The highest BCUT2D eigenvalue weighted by atomic mass is 16.5. The fraction of sp³-hybridized carbons (Fsp3) is 0.387. The van der Waals surface area contributed by atoms with Gasteiger partial charge in [0, 0.05) is 63.0 Å². The van der Waals surface area contributed by atoms with Gasteiger partial charge in [-0.05, 0) is 63.4 Å². The molecule has 0 radical (unpaired) electrons. The Bertz CT molecular complexity index is 1390. The average Bonchev–Trinajstić information content (AvgIpc) is 3.05. The molecule has 3 aromatic rings. The maximum absolute atomic E-state index is 13.4. The van der Waals surface area contributed by atoms with E-state index < -0.39 is 5.41 Å². The molecular formula is C31H37N5O5. The Hall–Kier alpha value is -4.47. The summed E-state index contributed by atoms with van der Waals surface area (Å²) in [7, 11) is 3.20. The van der Waals surface area contributed by atoms with Crippen LogP contribution in [0.15, 0.2) is 61.1 Å². The number of aromatic nitrogens is 2. The Labute approximate surface area is 240 Å². The molecule has 1 aliphatic rings. The molecule has 3 heterocycles. The molecule has 1 aliphatic heterocycles. The predicted molar refractivity (Wildman–Crippen MR) is 156 cm³/mol. The zero-order valence-corrected chi connectivity index (χ0v) is 24.3. The zero-order chi connectivity index (χ0) is 29.6. The third-order valence-corrected chi connectivity index (χ3v) is 7.25. The first kappa shape index (κ1) is 29.5. The molecule has 4 rings (SSSR count). The van der Waals surface area contributed by atoms with Crippen molar-refractivity contribution in [3.63, 3.8) is 0 Å². The summed E-state index contributed by atoms with van der Waals surface area (Å²) in [5, 5.41) is 0. The van der Waals surface area contributed by atoms with Gasteiger partial charge in [-0.3, -0.25) is 19.4 Å². The molecule has 0 bridgehead atoms. The number of benzene rings is 1. The predicted octanol–water partition coefficient (Wildman–Crippen LogP) is 3.99. The molecular weight excluding hydrogens is 522 g/mol. The number of carbonyl (C=O) groups is 3. The lowest BCUT2D eigenvalue weighted by Gasteiger charge is -2.27. The van der Waals surface area contributed by atoms with Crippen LogP contribution in [-0.4, -0.2) is 73.0 Å². The maximum Gasteiger partial charge on any atom is 0.254 e. The van der Waals surface area contributed by atoms with Crippen LogP contribution in [0.1, 0.15) is 43.1 Å². The molecule has 0 N–H and O–H groups in total. The van der Waals surface area contributed by atoms with E-state index in [1.54, 1.807) is 73.6 Å². The smallest absolute Gasteiger partial charge is 0.254 e. The lowest BCUT2D eigenvalue weighted by Crippen LogP contribution is -2.47. The van der Waals surface area contributed by atoms with Gasteiger partial charge in [0.15, 0.2) is 0 Å². The van der Waals surface area contributed by atoms with E-state index in [1.165, 1.54) is 12.0 Å². The van der Waals surface area contributed by atoms with Gasteiger partial charge in [0.2, 0.25) is 17.7 Å². The highest BCUT2D eigenvalue weighted by Gasteiger charge is 2.45. The van der Waals surface area contributed by atoms with E-state index in [2.05, 4.69) is 9.97 Å². The van der Waals surface area contributed by atoms with Crippen molar-refractivity contribution in [1.29, 1.82) is 0 Å². The number of anilines is 2. The second-order valence-corrected chi connectivity index (χ2v) is 10.4. The SMILES string of the molecule is CCN1C(=O)C(C)(C)C(=O)N(C)c2cc(OCCCN(CCc3cccnc3)C(=O)c3ccnc(OC)c3)ccc21. The fourth-order valence-corrected chi connectivity index (χ4v) is 4.88. The summed E-state index contributed by atoms with van der Waals surface area (Å²) in [5.41, 5.74) is 1.66. The first-order valence-corrected chi connectivity index (χ1v) is 13.7. The van der Waals surface area contributed by atoms with Gasteiger partial charge in [-0.25, -0.2) is 4.98 Å². The van der Waals surface area contributed by atoms with Crippen molar-refractivity contribution in [1.82, 2.24) is 14.9 Å². The van der Waals surface area contributed by atoms with Crippen molar-refractivity contribution < 1.29 is 23.9 Å². The van der Waals surface area contributed by atoms with Crippen LogP contribution in [-0.2, 0) is 16.0 Å². The van der Waals surface area contributed by atoms with E-state index >= 15 is 0 Å². The van der Waals surface area contributed by atoms with Gasteiger partial charge in [-0.15, -0.1) is 0 Å². The van der Waals surface area contributed by atoms with Crippen molar-refractivity contribution in [3.05, 3.63) is 72.2 Å². The summed E-state index contributed by atoms with van der Waals surface area (Å²) < 4.78 is 11.3. The van der Waals surface area contributed by atoms with Crippen LogP contribution in [0.4, 0.5) is 11.4 Å². The van der Waals surface area contributed by atoms with Crippen molar-refractivity contribution >= 4 is 29.1 Å². The molecule has 10 heteroatoms. The molecule has 1 aromatic carbocycles. The van der Waals surface area contributed by atoms with Crippen LogP contribution < -0.4 is 19.3 Å². The number of amides is 3. The van der Waals surface area contributed by atoms with E-state index in [0.717, 1.165) is 5.56 Å². The minimum absolute atomic E-state index is 0.119. The van der Waals surface area contributed by atoms with Crippen molar-refractivity contribution in [3.8, 4) is 11.6 Å². The summed E-state index contributed by atoms with van der Waals surface area (Å²) in [6.45, 7) is 6.99. The summed E-state index contributed by atoms with van der Waals surface area (Å²) in [6, 6.07) is 12.6. The highest BCUT2D eigenvalue weighted by Crippen LogP contribution is 2.40. The number of hydrogen-bond donors (Lipinski definition) is 0. The van der Waals surface area contributed by atoms with Crippen LogP contribution >= 0.6 is 0 Å². The molecule has 2 aromatic heterocycles. The number of pyridine rings is 2. The Morgan fingerprint density at radius 3 is 2.54 bits per heavy atom. The van der Waals surface area contributed by atoms with E-state index in [-0.39, 0.29) is 17.7 Å². The first-order valence-electron chi connectivity index (χ1n) is 13.7. The van der Waals surface area contributed by atoms with Gasteiger partial charge < -0.3 is 24.2 Å². The standard InChI is InChI=1S/C31H37N5O5/c1-6-36-25-11-10-24(20-26(25)34(4)29(38)31(2,3)30(36)39)41-18-8-16-35(17-13-22-9-7-14-32-21-22)28(37)23-12-15-33-27(19-23)40-5/h7,9-12,14-15,19-21H,6,8,13,16-18H2,1-5H3. The van der Waals surface area contributed by atoms with Crippen molar-refractivity contribution in [2.45, 2.75) is 33.6 Å². The quantitative estimate of drug-likeness (QED) is 0.258. The molecule has 41 heavy (non-hydrogen) atoms. The third-order valence-electron chi connectivity index (χ3n) is 7.25. The number of fused-ring (bicyclic) bond motifs is 1. The number of nitrogens with zero attached hydrogens (tertiary/aromatic N) is 5. The molecule has 0 aliphatic carbocycles. The third kappa shape index (κ3) is 6.48. The van der Waals surface area contributed by atoms with Gasteiger partial charge in [-0.2, -0.15) is 0 Å². The maximum atomic E-state index is 13.4. The fourth-order valence-electron chi connectivity index (χ4n) is 4.88. The van der Waals surface area contributed by atoms with Gasteiger partial charge in [0.25, 0.3) is 5.91 Å². The molecule has 0 spiro atoms. The molecule has 0 saturated carbocycles. The lowest BCUT2D eigenvalue weighted by molar-refractivity contribution is -0.137. The number of carbonyl (C=O) groups excluding carboxylic acids is 3. The van der Waals surface area contributed by atoms with Gasteiger partial charge in [-0.1, -0.05) is 6.07 Å². The van der Waals surface area contributed by atoms with Gasteiger partial charge >= 0.3 is 0 Å². The van der Waals surface area contributed by atoms with Gasteiger partial charge in [0.1, 0.15) is 11.2 Å². The van der Waals surface area contributed by atoms with E-state index in [4.69, 9.17) is 9.47 Å². The Kier molecular flexibility index (Phi) is 9.21. The summed E-state index contributed by atoms with van der Waals surface area (Å²) in [4.78, 5) is 52.9. The molecule has 0 fully saturated rings. The average molecular weight is 560 g/mol. The number of rotatable bonds is 11. The Morgan fingerprint density at radius 1 is 1.02 bits per heavy atom. The van der Waals surface area contributed by atoms with E-state index in [1.807, 2.05) is 25.1 Å². The minimum atomic E-state index is -1.17. The van der Waals surface area contributed by atoms with Crippen LogP contribution in [0.25, 0.3) is 0 Å². The largest absolute Gasteiger partial charge is 0.493 e. The number of hydrogen-bond acceptors (Lipinski definition) is 7. The zero-order valence-electron chi connectivity index (χ0n) is 24.3. The van der Waals surface area contributed by atoms with E-state index in [9.17, 15) is 14.4 Å². The molecule has 10 nitrogen and oxygen atoms in total. The lowest BCUT2D eigenvalue weighted by atomic mass is 9.90. The van der Waals surface area contributed by atoms with Crippen LogP contribution in [0.3, 0.4) is 0 Å². The van der Waals surface area contributed by atoms with Crippen LogP contribution in [0, 0.1) is 5.41 Å². The summed E-state index contributed by atoms with van der Waals surface area (Å²) in [6.07, 6.45) is 6.33. The topological polar surface area (TPSA) is 105 Å². The number of ether oxygens (including phenoxy) is 2.